The summed E-state index contributed by atoms with van der Waals surface area (Å²) in [5, 5.41) is 5.32. The van der Waals surface area contributed by atoms with Gasteiger partial charge >= 0.3 is 6.03 Å². The van der Waals surface area contributed by atoms with Crippen LogP contribution in [0.2, 0.25) is 0 Å². The van der Waals surface area contributed by atoms with E-state index in [9.17, 15) is 4.79 Å². The fourth-order valence-electron chi connectivity index (χ4n) is 2.17. The van der Waals surface area contributed by atoms with Crippen LogP contribution >= 0.6 is 0 Å². The Bertz CT molecular complexity index is 720. The van der Waals surface area contributed by atoms with Gasteiger partial charge in [-0.2, -0.15) is 0 Å². The van der Waals surface area contributed by atoms with E-state index >= 15 is 0 Å². The van der Waals surface area contributed by atoms with Crippen molar-refractivity contribution in [3.63, 3.8) is 0 Å². The van der Waals surface area contributed by atoms with Crippen molar-refractivity contribution < 1.29 is 23.7 Å². The molecule has 0 radical (unpaired) electrons. The molecule has 1 aliphatic heterocycles. The van der Waals surface area contributed by atoms with E-state index < -0.39 is 0 Å². The van der Waals surface area contributed by atoms with Crippen molar-refractivity contribution in [2.45, 2.75) is 6.92 Å². The Morgan fingerprint density at radius 2 is 1.83 bits per heavy atom. The number of para-hydroxylation sites is 2. The van der Waals surface area contributed by atoms with Crippen molar-refractivity contribution in [1.29, 1.82) is 0 Å². The van der Waals surface area contributed by atoms with Crippen LogP contribution in [0.5, 0.6) is 23.0 Å². The van der Waals surface area contributed by atoms with E-state index in [1.165, 1.54) is 0 Å². The van der Waals surface area contributed by atoms with Crippen molar-refractivity contribution in [2.75, 3.05) is 25.4 Å². The SMILES string of the molecule is CCOc1ccccc1OCNC(=O)Nc1ccc2c(c1)OCO2. The van der Waals surface area contributed by atoms with Crippen LogP contribution in [0.1, 0.15) is 6.92 Å². The fourth-order valence-corrected chi connectivity index (χ4v) is 2.17. The summed E-state index contributed by atoms with van der Waals surface area (Å²) in [6, 6.07) is 12.1. The minimum Gasteiger partial charge on any atom is -0.490 e. The molecule has 0 aliphatic carbocycles. The molecule has 0 atom stereocenters. The number of benzene rings is 2. The highest BCUT2D eigenvalue weighted by Gasteiger charge is 2.14. The average Bonchev–Trinajstić information content (AvgIpc) is 3.04. The highest BCUT2D eigenvalue weighted by Crippen LogP contribution is 2.34. The van der Waals surface area contributed by atoms with E-state index in [1.54, 1.807) is 24.3 Å². The lowest BCUT2D eigenvalue weighted by Gasteiger charge is -2.12. The van der Waals surface area contributed by atoms with E-state index in [4.69, 9.17) is 18.9 Å². The molecule has 7 heteroatoms. The van der Waals surface area contributed by atoms with Crippen molar-refractivity contribution >= 4 is 11.7 Å². The number of fused-ring (bicyclic) bond motifs is 1. The van der Waals surface area contributed by atoms with Gasteiger partial charge in [-0.05, 0) is 31.2 Å². The number of hydrogen-bond acceptors (Lipinski definition) is 5. The Hall–Kier alpha value is -3.09. The van der Waals surface area contributed by atoms with E-state index in [0.29, 0.717) is 35.3 Å². The summed E-state index contributed by atoms with van der Waals surface area (Å²) in [4.78, 5) is 11.9. The van der Waals surface area contributed by atoms with Gasteiger partial charge in [-0.1, -0.05) is 12.1 Å². The largest absolute Gasteiger partial charge is 0.490 e. The van der Waals surface area contributed by atoms with Crippen molar-refractivity contribution in [3.8, 4) is 23.0 Å². The summed E-state index contributed by atoms with van der Waals surface area (Å²) in [5.74, 6) is 2.48. The Kier molecular flexibility index (Phi) is 4.90. The number of nitrogens with one attached hydrogen (secondary N) is 2. The number of rotatable bonds is 6. The van der Waals surface area contributed by atoms with Gasteiger partial charge in [-0.25, -0.2) is 4.79 Å². The molecular weight excluding hydrogens is 312 g/mol. The first-order chi connectivity index (χ1) is 11.8. The van der Waals surface area contributed by atoms with Crippen molar-refractivity contribution in [2.24, 2.45) is 0 Å². The summed E-state index contributed by atoms with van der Waals surface area (Å²) < 4.78 is 21.5. The average molecular weight is 330 g/mol. The highest BCUT2D eigenvalue weighted by molar-refractivity contribution is 5.89. The maximum Gasteiger partial charge on any atom is 0.321 e. The summed E-state index contributed by atoms with van der Waals surface area (Å²) in [5.41, 5.74) is 0.603. The van der Waals surface area contributed by atoms with Gasteiger partial charge in [0.2, 0.25) is 6.79 Å². The van der Waals surface area contributed by atoms with Crippen LogP contribution in [0.3, 0.4) is 0 Å². The second-order valence-electron chi connectivity index (χ2n) is 4.87. The zero-order valence-corrected chi connectivity index (χ0v) is 13.2. The molecule has 0 spiro atoms. The third-order valence-electron chi connectivity index (χ3n) is 3.24. The van der Waals surface area contributed by atoms with E-state index in [-0.39, 0.29) is 19.6 Å². The van der Waals surface area contributed by atoms with Crippen LogP contribution in [0, 0.1) is 0 Å². The van der Waals surface area contributed by atoms with Gasteiger partial charge in [0.15, 0.2) is 29.7 Å². The number of carbonyl (C=O) groups is 1. The zero-order chi connectivity index (χ0) is 16.8. The summed E-state index contributed by atoms with van der Waals surface area (Å²) in [6.07, 6.45) is 0. The molecule has 7 nitrogen and oxygen atoms in total. The van der Waals surface area contributed by atoms with Crippen LogP contribution in [-0.2, 0) is 0 Å². The van der Waals surface area contributed by atoms with Gasteiger partial charge in [0, 0.05) is 11.8 Å². The van der Waals surface area contributed by atoms with E-state index in [1.807, 2.05) is 25.1 Å². The van der Waals surface area contributed by atoms with Gasteiger partial charge in [0.05, 0.1) is 6.61 Å². The summed E-state index contributed by atoms with van der Waals surface area (Å²) in [7, 11) is 0. The number of amides is 2. The molecule has 126 valence electrons. The lowest BCUT2D eigenvalue weighted by atomic mass is 10.3. The maximum atomic E-state index is 11.9. The molecule has 1 aliphatic rings. The number of anilines is 1. The first kappa shape index (κ1) is 15.8. The molecule has 2 aromatic carbocycles. The quantitative estimate of drug-likeness (QED) is 0.796. The Morgan fingerprint density at radius 3 is 2.62 bits per heavy atom. The third kappa shape index (κ3) is 3.81. The van der Waals surface area contributed by atoms with Crippen LogP contribution < -0.4 is 29.6 Å². The van der Waals surface area contributed by atoms with Gasteiger partial charge < -0.3 is 29.6 Å². The van der Waals surface area contributed by atoms with Gasteiger partial charge in [0.25, 0.3) is 0 Å². The minimum atomic E-state index is -0.386. The van der Waals surface area contributed by atoms with Crippen LogP contribution in [-0.4, -0.2) is 26.2 Å². The second kappa shape index (κ2) is 7.45. The van der Waals surface area contributed by atoms with Crippen LogP contribution in [0.4, 0.5) is 10.5 Å². The Labute approximate surface area is 139 Å². The summed E-state index contributed by atoms with van der Waals surface area (Å²) in [6.45, 7) is 2.64. The normalized spacial score (nSPS) is 11.7. The topological polar surface area (TPSA) is 78.1 Å². The molecule has 2 N–H and O–H groups in total. The second-order valence-corrected chi connectivity index (χ2v) is 4.87. The lowest BCUT2D eigenvalue weighted by molar-refractivity contribution is 0.174. The number of urea groups is 1. The molecule has 0 saturated heterocycles. The molecule has 24 heavy (non-hydrogen) atoms. The zero-order valence-electron chi connectivity index (χ0n) is 13.2. The van der Waals surface area contributed by atoms with Crippen molar-refractivity contribution in [1.82, 2.24) is 5.32 Å². The Balaban J connectivity index is 1.49. The smallest absolute Gasteiger partial charge is 0.321 e. The maximum absolute atomic E-state index is 11.9. The molecule has 0 unspecified atom stereocenters. The molecule has 2 amide bonds. The standard InChI is InChI=1S/C17H18N2O5/c1-2-21-13-5-3-4-6-14(13)22-10-18-17(20)19-12-7-8-15-16(9-12)24-11-23-15/h3-9H,2,10-11H2,1H3,(H2,18,19,20). The number of carbonyl (C=O) groups excluding carboxylic acids is 1. The molecule has 0 fully saturated rings. The predicted octanol–water partition coefficient (Wildman–Crippen LogP) is 2.97. The van der Waals surface area contributed by atoms with Gasteiger partial charge in [-0.15, -0.1) is 0 Å². The van der Waals surface area contributed by atoms with Crippen LogP contribution in [0.15, 0.2) is 42.5 Å². The number of hydrogen-bond donors (Lipinski definition) is 2. The van der Waals surface area contributed by atoms with Crippen LogP contribution in [0.25, 0.3) is 0 Å². The van der Waals surface area contributed by atoms with Gasteiger partial charge in [-0.3, -0.25) is 0 Å². The molecule has 2 aromatic rings. The molecule has 0 saturated carbocycles. The molecule has 0 aromatic heterocycles. The molecular formula is C17H18N2O5. The predicted molar refractivity (Wildman–Crippen MR) is 87.8 cm³/mol. The number of ether oxygens (including phenoxy) is 4. The lowest BCUT2D eigenvalue weighted by Crippen LogP contribution is -2.32. The highest BCUT2D eigenvalue weighted by atomic mass is 16.7. The Morgan fingerprint density at radius 1 is 1.08 bits per heavy atom. The molecule has 1 heterocycles. The molecule has 3 rings (SSSR count). The first-order valence-corrected chi connectivity index (χ1v) is 7.55. The third-order valence-corrected chi connectivity index (χ3v) is 3.24. The minimum absolute atomic E-state index is 0.0144. The monoisotopic (exact) mass is 330 g/mol. The van der Waals surface area contributed by atoms with Gasteiger partial charge in [0.1, 0.15) is 0 Å². The first-order valence-electron chi connectivity index (χ1n) is 7.55. The van der Waals surface area contributed by atoms with E-state index in [2.05, 4.69) is 10.6 Å². The fraction of sp³-hybridized carbons (Fsp3) is 0.235. The van der Waals surface area contributed by atoms with E-state index in [0.717, 1.165) is 0 Å². The summed E-state index contributed by atoms with van der Waals surface area (Å²) >= 11 is 0. The molecule has 0 bridgehead atoms. The van der Waals surface area contributed by atoms with Crippen molar-refractivity contribution in [3.05, 3.63) is 42.5 Å².